The maximum atomic E-state index is 12.7. The lowest BCUT2D eigenvalue weighted by Gasteiger charge is -2.41. The number of hydrogen-bond acceptors (Lipinski definition) is 3. The maximum Gasteiger partial charge on any atom is 0.254 e. The molecule has 5 heteroatoms. The summed E-state index contributed by atoms with van der Waals surface area (Å²) < 4.78 is 5.16. The molecule has 1 aliphatic rings. The maximum absolute atomic E-state index is 12.7. The van der Waals surface area contributed by atoms with Gasteiger partial charge in [-0.3, -0.25) is 4.79 Å². The van der Waals surface area contributed by atoms with Gasteiger partial charge in [-0.05, 0) is 37.5 Å². The number of likely N-dealkylation sites (tertiary alicyclic amines) is 1. The summed E-state index contributed by atoms with van der Waals surface area (Å²) in [5.74, 6) is 0.522. The van der Waals surface area contributed by atoms with E-state index in [9.17, 15) is 9.90 Å². The van der Waals surface area contributed by atoms with Gasteiger partial charge in [-0.15, -0.1) is 0 Å². The van der Waals surface area contributed by atoms with Crippen LogP contribution < -0.4 is 4.74 Å². The second kappa shape index (κ2) is 6.67. The SMILES string of the molecule is CC[C@]1(CO)CCCN(C(=O)c2cc(Cl)cc(OC)c2)C1. The minimum Gasteiger partial charge on any atom is -0.497 e. The molecule has 0 saturated carbocycles. The van der Waals surface area contributed by atoms with Gasteiger partial charge < -0.3 is 14.7 Å². The van der Waals surface area contributed by atoms with Crippen LogP contribution in [0.2, 0.25) is 5.02 Å². The van der Waals surface area contributed by atoms with E-state index in [0.29, 0.717) is 22.9 Å². The highest BCUT2D eigenvalue weighted by molar-refractivity contribution is 6.31. The highest BCUT2D eigenvalue weighted by Crippen LogP contribution is 2.33. The fourth-order valence-electron chi connectivity index (χ4n) is 2.90. The van der Waals surface area contributed by atoms with E-state index in [1.54, 1.807) is 25.3 Å². The Bertz CT molecular complexity index is 514. The number of aliphatic hydroxyl groups is 1. The molecule has 1 aromatic carbocycles. The van der Waals surface area contributed by atoms with Crippen LogP contribution in [-0.2, 0) is 0 Å². The average molecular weight is 312 g/mol. The van der Waals surface area contributed by atoms with Crippen LogP contribution in [0.4, 0.5) is 0 Å². The zero-order valence-electron chi connectivity index (χ0n) is 12.6. The molecule has 1 aliphatic heterocycles. The van der Waals surface area contributed by atoms with Crippen molar-refractivity contribution in [2.24, 2.45) is 5.41 Å². The van der Waals surface area contributed by atoms with Crippen LogP contribution in [0.15, 0.2) is 18.2 Å². The molecule has 1 aromatic rings. The number of hydrogen-bond donors (Lipinski definition) is 1. The van der Waals surface area contributed by atoms with Gasteiger partial charge in [0.1, 0.15) is 5.75 Å². The third-order valence-electron chi connectivity index (χ3n) is 4.39. The van der Waals surface area contributed by atoms with Crippen molar-refractivity contribution in [2.45, 2.75) is 26.2 Å². The molecule has 0 spiro atoms. The second-order valence-corrected chi connectivity index (χ2v) is 6.16. The van der Waals surface area contributed by atoms with E-state index < -0.39 is 0 Å². The van der Waals surface area contributed by atoms with Crippen molar-refractivity contribution >= 4 is 17.5 Å². The quantitative estimate of drug-likeness (QED) is 0.930. The Kier molecular flexibility index (Phi) is 5.12. The molecular weight excluding hydrogens is 290 g/mol. The first-order valence-electron chi connectivity index (χ1n) is 7.28. The van der Waals surface area contributed by atoms with E-state index in [4.69, 9.17) is 16.3 Å². The number of carbonyl (C=O) groups excluding carboxylic acids is 1. The molecule has 4 nitrogen and oxygen atoms in total. The van der Waals surface area contributed by atoms with Gasteiger partial charge in [0.15, 0.2) is 0 Å². The molecule has 0 unspecified atom stereocenters. The number of methoxy groups -OCH3 is 1. The highest BCUT2D eigenvalue weighted by atomic mass is 35.5. The smallest absolute Gasteiger partial charge is 0.254 e. The Morgan fingerprint density at radius 3 is 2.86 bits per heavy atom. The van der Waals surface area contributed by atoms with Crippen LogP contribution in [0, 0.1) is 5.41 Å². The van der Waals surface area contributed by atoms with E-state index in [2.05, 4.69) is 6.92 Å². The number of benzene rings is 1. The summed E-state index contributed by atoms with van der Waals surface area (Å²) in [6.45, 7) is 3.49. The van der Waals surface area contributed by atoms with Crippen LogP contribution in [0.25, 0.3) is 0 Å². The summed E-state index contributed by atoms with van der Waals surface area (Å²) in [6, 6.07) is 5.04. The van der Waals surface area contributed by atoms with Gasteiger partial charge in [0.25, 0.3) is 5.91 Å². The number of rotatable bonds is 4. The first-order valence-corrected chi connectivity index (χ1v) is 7.66. The van der Waals surface area contributed by atoms with Gasteiger partial charge in [-0.1, -0.05) is 18.5 Å². The van der Waals surface area contributed by atoms with E-state index in [0.717, 1.165) is 25.8 Å². The van der Waals surface area contributed by atoms with Crippen LogP contribution >= 0.6 is 11.6 Å². The van der Waals surface area contributed by atoms with Gasteiger partial charge in [0, 0.05) is 29.1 Å². The number of amides is 1. The number of ether oxygens (including phenoxy) is 1. The molecule has 0 aromatic heterocycles. The molecule has 1 heterocycles. The monoisotopic (exact) mass is 311 g/mol. The molecule has 0 aliphatic carbocycles. The van der Waals surface area contributed by atoms with Gasteiger partial charge >= 0.3 is 0 Å². The standard InChI is InChI=1S/C16H22ClNO3/c1-3-16(11-19)5-4-6-18(10-16)15(20)12-7-13(17)9-14(8-12)21-2/h7-9,19H,3-6,10-11H2,1-2H3/t16-/m0/s1. The fourth-order valence-corrected chi connectivity index (χ4v) is 3.12. The number of halogens is 1. The van der Waals surface area contributed by atoms with Crippen molar-refractivity contribution in [3.05, 3.63) is 28.8 Å². The summed E-state index contributed by atoms with van der Waals surface area (Å²) in [6.07, 6.45) is 2.74. The Hall–Kier alpha value is -1.26. The highest BCUT2D eigenvalue weighted by Gasteiger charge is 2.35. The van der Waals surface area contributed by atoms with Gasteiger partial charge in [0.05, 0.1) is 13.7 Å². The number of nitrogens with zero attached hydrogens (tertiary/aromatic N) is 1. The topological polar surface area (TPSA) is 49.8 Å². The fraction of sp³-hybridized carbons (Fsp3) is 0.562. The van der Waals surface area contributed by atoms with Crippen molar-refractivity contribution < 1.29 is 14.6 Å². The van der Waals surface area contributed by atoms with E-state index >= 15 is 0 Å². The number of piperidine rings is 1. The molecule has 1 atom stereocenters. The molecule has 0 bridgehead atoms. The molecule has 1 fully saturated rings. The predicted octanol–water partition coefficient (Wildman–Crippen LogP) is 2.97. The zero-order chi connectivity index (χ0) is 15.5. The lowest BCUT2D eigenvalue weighted by Crippen LogP contribution is -2.47. The lowest BCUT2D eigenvalue weighted by atomic mass is 9.78. The molecule has 2 rings (SSSR count). The minimum absolute atomic E-state index is 0.0539. The summed E-state index contributed by atoms with van der Waals surface area (Å²) in [4.78, 5) is 14.5. The second-order valence-electron chi connectivity index (χ2n) is 5.72. The molecule has 1 saturated heterocycles. The van der Waals surface area contributed by atoms with Crippen molar-refractivity contribution in [1.29, 1.82) is 0 Å². The Morgan fingerprint density at radius 1 is 1.48 bits per heavy atom. The largest absolute Gasteiger partial charge is 0.497 e. The van der Waals surface area contributed by atoms with E-state index in [1.807, 2.05) is 4.90 Å². The van der Waals surface area contributed by atoms with E-state index in [-0.39, 0.29) is 17.9 Å². The molecular formula is C16H22ClNO3. The van der Waals surface area contributed by atoms with Gasteiger partial charge in [0.2, 0.25) is 0 Å². The summed E-state index contributed by atoms with van der Waals surface area (Å²) in [7, 11) is 1.55. The average Bonchev–Trinajstić information content (AvgIpc) is 2.53. The van der Waals surface area contributed by atoms with Crippen molar-refractivity contribution in [1.82, 2.24) is 4.90 Å². The zero-order valence-corrected chi connectivity index (χ0v) is 13.3. The third kappa shape index (κ3) is 3.50. The molecule has 21 heavy (non-hydrogen) atoms. The first-order chi connectivity index (χ1) is 10.0. The third-order valence-corrected chi connectivity index (χ3v) is 4.61. The van der Waals surface area contributed by atoms with Crippen molar-refractivity contribution in [3.8, 4) is 5.75 Å². The van der Waals surface area contributed by atoms with Crippen molar-refractivity contribution in [2.75, 3.05) is 26.8 Å². The number of aliphatic hydroxyl groups excluding tert-OH is 1. The Labute approximate surface area is 130 Å². The molecule has 0 radical (unpaired) electrons. The van der Waals surface area contributed by atoms with Gasteiger partial charge in [-0.2, -0.15) is 0 Å². The summed E-state index contributed by atoms with van der Waals surface area (Å²) >= 11 is 6.03. The van der Waals surface area contributed by atoms with Crippen molar-refractivity contribution in [3.63, 3.8) is 0 Å². The Balaban J connectivity index is 2.21. The Morgan fingerprint density at radius 2 is 2.24 bits per heavy atom. The summed E-state index contributed by atoms with van der Waals surface area (Å²) in [5, 5.41) is 10.1. The molecule has 1 N–H and O–H groups in total. The van der Waals surface area contributed by atoms with E-state index in [1.165, 1.54) is 0 Å². The molecule has 1 amide bonds. The van der Waals surface area contributed by atoms with Crippen LogP contribution in [0.3, 0.4) is 0 Å². The summed E-state index contributed by atoms with van der Waals surface area (Å²) in [5.41, 5.74) is 0.362. The minimum atomic E-state index is -0.170. The molecule has 116 valence electrons. The lowest BCUT2D eigenvalue weighted by molar-refractivity contribution is 0.0251. The van der Waals surface area contributed by atoms with Crippen LogP contribution in [0.5, 0.6) is 5.75 Å². The number of carbonyl (C=O) groups is 1. The first kappa shape index (κ1) is 16.1. The normalized spacial score (nSPS) is 22.2. The van der Waals surface area contributed by atoms with Crippen LogP contribution in [-0.4, -0.2) is 42.7 Å². The van der Waals surface area contributed by atoms with Crippen LogP contribution in [0.1, 0.15) is 36.5 Å². The van der Waals surface area contributed by atoms with Gasteiger partial charge in [-0.25, -0.2) is 0 Å². The predicted molar refractivity (Wildman–Crippen MR) is 83.0 cm³/mol.